The lowest BCUT2D eigenvalue weighted by Gasteiger charge is -2.37. The van der Waals surface area contributed by atoms with Crippen LogP contribution < -0.4 is 5.32 Å². The number of benzene rings is 2. The van der Waals surface area contributed by atoms with E-state index >= 15 is 0 Å². The average Bonchev–Trinajstić information content (AvgIpc) is 2.70. The molecule has 2 aromatic carbocycles. The van der Waals surface area contributed by atoms with Crippen LogP contribution in [-0.2, 0) is 11.2 Å². The fraction of sp³-hybridized carbons (Fsp3) is 0.435. The van der Waals surface area contributed by atoms with E-state index in [2.05, 4.69) is 57.6 Å². The van der Waals surface area contributed by atoms with E-state index in [1.165, 1.54) is 5.56 Å². The Morgan fingerprint density at radius 2 is 1.74 bits per heavy atom. The number of nitrogens with one attached hydrogen (secondary N) is 1. The summed E-state index contributed by atoms with van der Waals surface area (Å²) in [4.78, 5) is 17.5. The van der Waals surface area contributed by atoms with Crippen LogP contribution in [0.4, 0.5) is 5.69 Å². The molecule has 27 heavy (non-hydrogen) atoms. The number of piperazine rings is 1. The second-order valence-corrected chi connectivity index (χ2v) is 7.60. The minimum atomic E-state index is -0.110. The molecule has 0 aliphatic carbocycles. The van der Waals surface area contributed by atoms with E-state index in [4.69, 9.17) is 0 Å². The third-order valence-electron chi connectivity index (χ3n) is 5.54. The van der Waals surface area contributed by atoms with E-state index in [1.807, 2.05) is 26.8 Å². The van der Waals surface area contributed by atoms with Gasteiger partial charge in [0, 0.05) is 38.4 Å². The molecule has 144 valence electrons. The lowest BCUT2D eigenvalue weighted by Crippen LogP contribution is -2.53. The van der Waals surface area contributed by atoms with Crippen molar-refractivity contribution in [2.75, 3.05) is 38.0 Å². The van der Waals surface area contributed by atoms with Gasteiger partial charge in [-0.3, -0.25) is 9.69 Å². The van der Waals surface area contributed by atoms with Gasteiger partial charge in [0.05, 0.1) is 6.04 Å². The third-order valence-corrected chi connectivity index (χ3v) is 5.54. The van der Waals surface area contributed by atoms with Crippen molar-refractivity contribution in [2.45, 2.75) is 33.2 Å². The zero-order chi connectivity index (χ0) is 19.2. The average molecular weight is 366 g/mol. The van der Waals surface area contributed by atoms with Crippen molar-refractivity contribution in [1.29, 1.82) is 0 Å². The minimum Gasteiger partial charge on any atom is -0.324 e. The molecule has 4 heteroatoms. The number of nitrogens with zero attached hydrogens (tertiary/aromatic N) is 2. The van der Waals surface area contributed by atoms with E-state index in [0.717, 1.165) is 56.0 Å². The van der Waals surface area contributed by atoms with E-state index in [1.54, 1.807) is 0 Å². The molecule has 2 aromatic rings. The fourth-order valence-corrected chi connectivity index (χ4v) is 3.58. The molecule has 0 radical (unpaired) electrons. The van der Waals surface area contributed by atoms with E-state index in [-0.39, 0.29) is 11.9 Å². The second kappa shape index (κ2) is 9.16. The summed E-state index contributed by atoms with van der Waals surface area (Å²) in [7, 11) is 0. The van der Waals surface area contributed by atoms with Crippen LogP contribution in [-0.4, -0.2) is 54.5 Å². The SMILES string of the molecule is Cc1ccc(C)c(NC(=O)[C@H](C)N2CCN(CCc3ccccc3)CC2)c1. The molecule has 0 spiro atoms. The summed E-state index contributed by atoms with van der Waals surface area (Å²) in [5.74, 6) is 0.0847. The van der Waals surface area contributed by atoms with Crippen LogP contribution >= 0.6 is 0 Å². The zero-order valence-electron chi connectivity index (χ0n) is 16.7. The fourth-order valence-electron chi connectivity index (χ4n) is 3.58. The van der Waals surface area contributed by atoms with E-state index in [9.17, 15) is 4.79 Å². The molecule has 0 saturated carbocycles. The number of rotatable bonds is 6. The van der Waals surface area contributed by atoms with Crippen molar-refractivity contribution in [2.24, 2.45) is 0 Å². The van der Waals surface area contributed by atoms with Crippen LogP contribution in [0.2, 0.25) is 0 Å². The molecule has 1 amide bonds. The standard InChI is InChI=1S/C23H31N3O/c1-18-9-10-19(2)22(17-18)24-23(27)20(3)26-15-13-25(14-16-26)12-11-21-7-5-4-6-8-21/h4-10,17,20H,11-16H2,1-3H3,(H,24,27)/t20-/m0/s1. The monoisotopic (exact) mass is 365 g/mol. The predicted molar refractivity (Wildman–Crippen MR) is 112 cm³/mol. The first-order valence-corrected chi connectivity index (χ1v) is 9.91. The Kier molecular flexibility index (Phi) is 6.64. The predicted octanol–water partition coefficient (Wildman–Crippen LogP) is 3.49. The van der Waals surface area contributed by atoms with Crippen molar-refractivity contribution in [1.82, 2.24) is 9.80 Å². The van der Waals surface area contributed by atoms with E-state index in [0.29, 0.717) is 0 Å². The van der Waals surface area contributed by atoms with E-state index < -0.39 is 0 Å². The number of hydrogen-bond donors (Lipinski definition) is 1. The number of aryl methyl sites for hydroxylation is 2. The van der Waals surface area contributed by atoms with Crippen LogP contribution in [0.3, 0.4) is 0 Å². The first-order valence-electron chi connectivity index (χ1n) is 9.91. The summed E-state index contributed by atoms with van der Waals surface area (Å²) < 4.78 is 0. The second-order valence-electron chi connectivity index (χ2n) is 7.60. The van der Waals surface area contributed by atoms with Gasteiger partial charge in [0.1, 0.15) is 0 Å². The van der Waals surface area contributed by atoms with Crippen molar-refractivity contribution in [3.63, 3.8) is 0 Å². The molecule has 1 fully saturated rings. The first-order chi connectivity index (χ1) is 13.0. The molecule has 1 N–H and O–H groups in total. The summed E-state index contributed by atoms with van der Waals surface area (Å²) in [6, 6.07) is 16.7. The Bertz CT molecular complexity index is 751. The van der Waals surface area contributed by atoms with Gasteiger partial charge in [-0.15, -0.1) is 0 Å². The first kappa shape index (κ1) is 19.6. The molecule has 0 unspecified atom stereocenters. The molecule has 4 nitrogen and oxygen atoms in total. The maximum Gasteiger partial charge on any atom is 0.241 e. The summed E-state index contributed by atoms with van der Waals surface area (Å²) in [5, 5.41) is 3.11. The summed E-state index contributed by atoms with van der Waals surface area (Å²) in [5.41, 5.74) is 4.58. The normalized spacial score (nSPS) is 16.9. The highest BCUT2D eigenvalue weighted by Crippen LogP contribution is 2.17. The van der Waals surface area contributed by atoms with Crippen molar-refractivity contribution < 1.29 is 4.79 Å². The molecule has 3 rings (SSSR count). The van der Waals surface area contributed by atoms with Gasteiger partial charge in [0.15, 0.2) is 0 Å². The van der Waals surface area contributed by atoms with Crippen LogP contribution in [0.15, 0.2) is 48.5 Å². The molecule has 0 aromatic heterocycles. The topological polar surface area (TPSA) is 35.6 Å². The molecule has 1 atom stereocenters. The smallest absolute Gasteiger partial charge is 0.241 e. The highest BCUT2D eigenvalue weighted by molar-refractivity contribution is 5.95. The maximum atomic E-state index is 12.7. The number of amides is 1. The van der Waals surface area contributed by atoms with Crippen LogP contribution in [0, 0.1) is 13.8 Å². The lowest BCUT2D eigenvalue weighted by molar-refractivity contribution is -0.121. The minimum absolute atomic E-state index is 0.0847. The molecule has 1 aliphatic rings. The molecular weight excluding hydrogens is 334 g/mol. The number of anilines is 1. The largest absolute Gasteiger partial charge is 0.324 e. The van der Waals surface area contributed by atoms with Gasteiger partial charge in [-0.2, -0.15) is 0 Å². The van der Waals surface area contributed by atoms with Gasteiger partial charge in [-0.1, -0.05) is 42.5 Å². The lowest BCUT2D eigenvalue weighted by atomic mass is 10.1. The number of carbonyl (C=O) groups excluding carboxylic acids is 1. The van der Waals surface area contributed by atoms with Crippen molar-refractivity contribution in [3.8, 4) is 0 Å². The Hall–Kier alpha value is -2.17. The third kappa shape index (κ3) is 5.41. The Morgan fingerprint density at radius 3 is 2.44 bits per heavy atom. The highest BCUT2D eigenvalue weighted by Gasteiger charge is 2.25. The Labute approximate surface area is 163 Å². The number of hydrogen-bond acceptors (Lipinski definition) is 3. The van der Waals surface area contributed by atoms with Crippen LogP contribution in [0.25, 0.3) is 0 Å². The molecular formula is C23H31N3O. The van der Waals surface area contributed by atoms with Gasteiger partial charge in [0.2, 0.25) is 5.91 Å². The summed E-state index contributed by atoms with van der Waals surface area (Å²) in [6.45, 7) is 11.1. The van der Waals surface area contributed by atoms with Crippen LogP contribution in [0.1, 0.15) is 23.6 Å². The molecule has 1 heterocycles. The van der Waals surface area contributed by atoms with Gasteiger partial charge in [0.25, 0.3) is 0 Å². The van der Waals surface area contributed by atoms with Crippen molar-refractivity contribution in [3.05, 3.63) is 65.2 Å². The zero-order valence-corrected chi connectivity index (χ0v) is 16.7. The summed E-state index contributed by atoms with van der Waals surface area (Å²) >= 11 is 0. The van der Waals surface area contributed by atoms with Gasteiger partial charge in [-0.25, -0.2) is 0 Å². The Morgan fingerprint density at radius 1 is 1.04 bits per heavy atom. The maximum absolute atomic E-state index is 12.7. The molecule has 1 saturated heterocycles. The van der Waals surface area contributed by atoms with Gasteiger partial charge < -0.3 is 10.2 Å². The van der Waals surface area contributed by atoms with Gasteiger partial charge in [-0.05, 0) is 49.9 Å². The van der Waals surface area contributed by atoms with Crippen LogP contribution in [0.5, 0.6) is 0 Å². The summed E-state index contributed by atoms with van der Waals surface area (Å²) in [6.07, 6.45) is 1.09. The highest BCUT2D eigenvalue weighted by atomic mass is 16.2. The Balaban J connectivity index is 1.47. The molecule has 0 bridgehead atoms. The quantitative estimate of drug-likeness (QED) is 0.851. The number of carbonyl (C=O) groups is 1. The molecule has 1 aliphatic heterocycles. The van der Waals surface area contributed by atoms with Crippen molar-refractivity contribution >= 4 is 11.6 Å². The van der Waals surface area contributed by atoms with Gasteiger partial charge >= 0.3 is 0 Å².